The minimum atomic E-state index is -0.664. The molecule has 3 saturated heterocycles. The molecule has 5 nitrogen and oxygen atoms in total. The number of hydrogen-bond acceptors (Lipinski definition) is 4. The number of carbonyl (C=O) groups is 1. The molecular weight excluding hydrogens is 328 g/mol. The van der Waals surface area contributed by atoms with Gasteiger partial charge in [-0.2, -0.15) is 0 Å². The van der Waals surface area contributed by atoms with Gasteiger partial charge in [0.05, 0.1) is 6.61 Å². The van der Waals surface area contributed by atoms with Gasteiger partial charge in [0.25, 0.3) is 0 Å². The summed E-state index contributed by atoms with van der Waals surface area (Å²) in [5.41, 5.74) is 0.740. The number of ether oxygens (including phenoxy) is 1. The minimum absolute atomic E-state index is 0.255. The van der Waals surface area contributed by atoms with E-state index in [0.717, 1.165) is 51.9 Å². The van der Waals surface area contributed by atoms with Crippen molar-refractivity contribution in [2.45, 2.75) is 31.7 Å². The highest BCUT2D eigenvalue weighted by Gasteiger charge is 2.55. The highest BCUT2D eigenvalue weighted by atomic mass is 16.5. The van der Waals surface area contributed by atoms with E-state index in [4.69, 9.17) is 4.74 Å². The van der Waals surface area contributed by atoms with Crippen molar-refractivity contribution in [3.63, 3.8) is 0 Å². The lowest BCUT2D eigenvalue weighted by Gasteiger charge is -2.37. The van der Waals surface area contributed by atoms with Crippen molar-refractivity contribution in [2.75, 3.05) is 45.9 Å². The van der Waals surface area contributed by atoms with Crippen LogP contribution in [0.1, 0.15) is 24.8 Å². The van der Waals surface area contributed by atoms with E-state index < -0.39 is 11.4 Å². The molecule has 142 valence electrons. The predicted octanol–water partition coefficient (Wildman–Crippen LogP) is 2.12. The summed E-state index contributed by atoms with van der Waals surface area (Å²) in [5, 5.41) is 9.82. The van der Waals surface area contributed by atoms with Gasteiger partial charge >= 0.3 is 5.97 Å². The molecule has 2 atom stereocenters. The number of benzene rings is 1. The largest absolute Gasteiger partial charge is 0.481 e. The molecule has 0 unspecified atom stereocenters. The van der Waals surface area contributed by atoms with E-state index in [-0.39, 0.29) is 5.92 Å². The zero-order valence-corrected chi connectivity index (χ0v) is 15.5. The number of rotatable bonds is 5. The fourth-order valence-corrected chi connectivity index (χ4v) is 5.05. The smallest absolute Gasteiger partial charge is 0.313 e. The molecule has 4 rings (SSSR count). The van der Waals surface area contributed by atoms with Crippen LogP contribution in [0.4, 0.5) is 0 Å². The molecule has 3 heterocycles. The number of hydrogen-bond donors (Lipinski definition) is 1. The van der Waals surface area contributed by atoms with E-state index in [2.05, 4.69) is 40.1 Å². The molecule has 0 saturated carbocycles. The molecule has 26 heavy (non-hydrogen) atoms. The SMILES string of the molecule is O=C(O)[C@]12COCC[C@H]1CN(C1CCN(CCc3ccccc3)CC1)C2. The number of fused-ring (bicyclic) bond motifs is 1. The maximum Gasteiger partial charge on any atom is 0.313 e. The molecule has 0 radical (unpaired) electrons. The molecule has 0 amide bonds. The Bertz CT molecular complexity index is 615. The Balaban J connectivity index is 1.29. The van der Waals surface area contributed by atoms with E-state index in [1.807, 2.05) is 0 Å². The molecule has 3 fully saturated rings. The van der Waals surface area contributed by atoms with E-state index in [1.165, 1.54) is 5.56 Å². The van der Waals surface area contributed by atoms with Crippen LogP contribution in [0, 0.1) is 11.3 Å². The summed E-state index contributed by atoms with van der Waals surface area (Å²) < 4.78 is 5.56. The van der Waals surface area contributed by atoms with E-state index in [9.17, 15) is 9.90 Å². The van der Waals surface area contributed by atoms with Gasteiger partial charge < -0.3 is 14.7 Å². The summed E-state index contributed by atoms with van der Waals surface area (Å²) >= 11 is 0. The third-order valence-corrected chi connectivity index (χ3v) is 6.75. The first-order valence-electron chi connectivity index (χ1n) is 9.99. The second-order valence-electron chi connectivity index (χ2n) is 8.24. The number of nitrogens with zero attached hydrogens (tertiary/aromatic N) is 2. The van der Waals surface area contributed by atoms with Crippen molar-refractivity contribution in [3.05, 3.63) is 35.9 Å². The van der Waals surface area contributed by atoms with Gasteiger partial charge in [0.1, 0.15) is 5.41 Å². The van der Waals surface area contributed by atoms with Crippen LogP contribution in [0.2, 0.25) is 0 Å². The Morgan fingerprint density at radius 2 is 1.96 bits per heavy atom. The summed E-state index contributed by atoms with van der Waals surface area (Å²) in [6, 6.07) is 11.2. The molecule has 0 spiro atoms. The van der Waals surface area contributed by atoms with Gasteiger partial charge in [-0.05, 0) is 50.3 Å². The van der Waals surface area contributed by atoms with Crippen molar-refractivity contribution in [2.24, 2.45) is 11.3 Å². The zero-order valence-electron chi connectivity index (χ0n) is 15.5. The van der Waals surface area contributed by atoms with E-state index in [1.54, 1.807) is 0 Å². The fourth-order valence-electron chi connectivity index (χ4n) is 5.05. The topological polar surface area (TPSA) is 53.0 Å². The first kappa shape index (κ1) is 18.0. The van der Waals surface area contributed by atoms with Crippen LogP contribution < -0.4 is 0 Å². The molecular formula is C21H30N2O3. The number of likely N-dealkylation sites (tertiary alicyclic amines) is 2. The van der Waals surface area contributed by atoms with Crippen molar-refractivity contribution < 1.29 is 14.6 Å². The Hall–Kier alpha value is -1.43. The molecule has 1 aromatic carbocycles. The zero-order chi connectivity index (χ0) is 18.0. The Morgan fingerprint density at radius 1 is 1.19 bits per heavy atom. The maximum atomic E-state index is 11.9. The molecule has 5 heteroatoms. The number of carboxylic acids is 1. The second kappa shape index (κ2) is 7.67. The van der Waals surface area contributed by atoms with Crippen molar-refractivity contribution in [1.29, 1.82) is 0 Å². The number of carboxylic acid groups (broad SMARTS) is 1. The van der Waals surface area contributed by atoms with Gasteiger partial charge in [0, 0.05) is 32.3 Å². The first-order valence-corrected chi connectivity index (χ1v) is 9.99. The minimum Gasteiger partial charge on any atom is -0.481 e. The Morgan fingerprint density at radius 3 is 2.65 bits per heavy atom. The molecule has 0 bridgehead atoms. The lowest BCUT2D eigenvalue weighted by molar-refractivity contribution is -0.159. The van der Waals surface area contributed by atoms with Crippen LogP contribution in [-0.4, -0.2) is 72.9 Å². The quantitative estimate of drug-likeness (QED) is 0.874. The van der Waals surface area contributed by atoms with Crippen LogP contribution in [0.5, 0.6) is 0 Å². The molecule has 0 aromatic heterocycles. The van der Waals surface area contributed by atoms with Crippen LogP contribution in [0.3, 0.4) is 0 Å². The monoisotopic (exact) mass is 358 g/mol. The van der Waals surface area contributed by atoms with Crippen LogP contribution in [-0.2, 0) is 16.0 Å². The first-order chi connectivity index (χ1) is 12.7. The Kier molecular flexibility index (Phi) is 5.30. The average molecular weight is 358 g/mol. The lowest BCUT2D eigenvalue weighted by atomic mass is 9.76. The van der Waals surface area contributed by atoms with E-state index in [0.29, 0.717) is 25.8 Å². The van der Waals surface area contributed by atoms with Gasteiger partial charge in [-0.25, -0.2) is 0 Å². The lowest BCUT2D eigenvalue weighted by Crippen LogP contribution is -2.48. The fraction of sp³-hybridized carbons (Fsp3) is 0.667. The van der Waals surface area contributed by atoms with Gasteiger partial charge in [-0.3, -0.25) is 9.69 Å². The van der Waals surface area contributed by atoms with Crippen LogP contribution in [0.25, 0.3) is 0 Å². The summed E-state index contributed by atoms with van der Waals surface area (Å²) in [6.45, 7) is 6.06. The van der Waals surface area contributed by atoms with Crippen molar-refractivity contribution >= 4 is 5.97 Å². The van der Waals surface area contributed by atoms with Gasteiger partial charge in [-0.1, -0.05) is 30.3 Å². The summed E-state index contributed by atoms with van der Waals surface area (Å²) in [5.74, 6) is -0.408. The molecule has 0 aliphatic carbocycles. The standard InChI is InChI=1S/C21H30N2O3/c24-20(25)21-15-23(14-18(21)9-13-26-16-21)19-7-11-22(12-8-19)10-6-17-4-2-1-3-5-17/h1-5,18-19H,6-16H2,(H,24,25)/t18-,21+/m0/s1. The normalized spacial score (nSPS) is 31.0. The highest BCUT2D eigenvalue weighted by molar-refractivity contribution is 5.76. The van der Waals surface area contributed by atoms with E-state index >= 15 is 0 Å². The van der Waals surface area contributed by atoms with Crippen molar-refractivity contribution in [1.82, 2.24) is 9.80 Å². The van der Waals surface area contributed by atoms with Crippen molar-refractivity contribution in [3.8, 4) is 0 Å². The van der Waals surface area contributed by atoms with Gasteiger partial charge in [0.2, 0.25) is 0 Å². The summed E-state index contributed by atoms with van der Waals surface area (Å²) in [6.07, 6.45) is 4.30. The summed E-state index contributed by atoms with van der Waals surface area (Å²) in [7, 11) is 0. The average Bonchev–Trinajstić information content (AvgIpc) is 3.09. The number of aliphatic carboxylic acids is 1. The predicted molar refractivity (Wildman–Crippen MR) is 100 cm³/mol. The van der Waals surface area contributed by atoms with Gasteiger partial charge in [-0.15, -0.1) is 0 Å². The Labute approximate surface area is 155 Å². The number of piperidine rings is 1. The van der Waals surface area contributed by atoms with Crippen LogP contribution in [0.15, 0.2) is 30.3 Å². The molecule has 3 aliphatic rings. The summed E-state index contributed by atoms with van der Waals surface area (Å²) in [4.78, 5) is 17.0. The van der Waals surface area contributed by atoms with Gasteiger partial charge in [0.15, 0.2) is 0 Å². The van der Waals surface area contributed by atoms with Crippen LogP contribution >= 0.6 is 0 Å². The highest BCUT2D eigenvalue weighted by Crippen LogP contribution is 2.43. The molecule has 1 N–H and O–H groups in total. The third kappa shape index (κ3) is 3.53. The molecule has 3 aliphatic heterocycles. The second-order valence-corrected chi connectivity index (χ2v) is 8.24. The third-order valence-electron chi connectivity index (χ3n) is 6.75. The maximum absolute atomic E-state index is 11.9. The molecule has 1 aromatic rings.